The minimum atomic E-state index is 0. The standard InChI is InChI=1S/C10H14ClN3O.ClH/c1-7-5-13-10(14-9(7)11)15-8-3-2-4-12-6-8;/h5,8,12H,2-4,6H2,1H3;1H. The number of ether oxygens (including phenoxy) is 1. The van der Waals surface area contributed by atoms with Gasteiger partial charge in [-0.15, -0.1) is 12.4 Å². The normalized spacial score (nSPS) is 20.0. The van der Waals surface area contributed by atoms with Gasteiger partial charge in [0.1, 0.15) is 11.3 Å². The summed E-state index contributed by atoms with van der Waals surface area (Å²) in [5, 5.41) is 3.73. The second-order valence-electron chi connectivity index (χ2n) is 3.71. The summed E-state index contributed by atoms with van der Waals surface area (Å²) in [4.78, 5) is 8.16. The molecule has 90 valence electrons. The Labute approximate surface area is 106 Å². The largest absolute Gasteiger partial charge is 0.459 e. The van der Waals surface area contributed by atoms with Crippen molar-refractivity contribution in [2.75, 3.05) is 13.1 Å². The average Bonchev–Trinajstić information content (AvgIpc) is 2.25. The Morgan fingerprint density at radius 1 is 1.56 bits per heavy atom. The van der Waals surface area contributed by atoms with Gasteiger partial charge in [0, 0.05) is 18.3 Å². The first-order chi connectivity index (χ1) is 7.25. The van der Waals surface area contributed by atoms with E-state index in [1.807, 2.05) is 6.92 Å². The number of piperidine rings is 1. The van der Waals surface area contributed by atoms with E-state index >= 15 is 0 Å². The van der Waals surface area contributed by atoms with Gasteiger partial charge in [0.25, 0.3) is 0 Å². The molecule has 1 aliphatic rings. The predicted molar refractivity (Wildman–Crippen MR) is 65.5 cm³/mol. The molecule has 2 heterocycles. The molecule has 0 spiro atoms. The molecule has 1 atom stereocenters. The molecule has 0 saturated carbocycles. The third kappa shape index (κ3) is 3.47. The van der Waals surface area contributed by atoms with Crippen LogP contribution in [-0.4, -0.2) is 29.2 Å². The Balaban J connectivity index is 0.00000128. The molecule has 1 aromatic rings. The second-order valence-corrected chi connectivity index (χ2v) is 4.07. The molecule has 0 aliphatic carbocycles. The molecule has 0 amide bonds. The van der Waals surface area contributed by atoms with Gasteiger partial charge in [0.2, 0.25) is 0 Å². The maximum Gasteiger partial charge on any atom is 0.318 e. The van der Waals surface area contributed by atoms with Crippen molar-refractivity contribution in [1.29, 1.82) is 0 Å². The fraction of sp³-hybridized carbons (Fsp3) is 0.600. The number of nitrogens with one attached hydrogen (secondary N) is 1. The summed E-state index contributed by atoms with van der Waals surface area (Å²) in [5.41, 5.74) is 0.866. The Morgan fingerprint density at radius 3 is 3.00 bits per heavy atom. The van der Waals surface area contributed by atoms with Crippen molar-refractivity contribution in [1.82, 2.24) is 15.3 Å². The van der Waals surface area contributed by atoms with E-state index in [-0.39, 0.29) is 18.5 Å². The Bertz CT molecular complexity index is 343. The van der Waals surface area contributed by atoms with Gasteiger partial charge in [0.15, 0.2) is 0 Å². The summed E-state index contributed by atoms with van der Waals surface area (Å²) in [5.74, 6) is 0. The third-order valence-corrected chi connectivity index (χ3v) is 2.79. The van der Waals surface area contributed by atoms with Crippen LogP contribution in [0.5, 0.6) is 6.01 Å². The van der Waals surface area contributed by atoms with E-state index in [1.165, 1.54) is 0 Å². The molecule has 0 bridgehead atoms. The number of aryl methyl sites for hydroxylation is 1. The van der Waals surface area contributed by atoms with Gasteiger partial charge in [-0.2, -0.15) is 4.98 Å². The Hall–Kier alpha value is -0.580. The molecule has 1 fully saturated rings. The maximum absolute atomic E-state index is 5.88. The van der Waals surface area contributed by atoms with Crippen LogP contribution < -0.4 is 10.1 Å². The molecule has 1 unspecified atom stereocenters. The van der Waals surface area contributed by atoms with E-state index in [1.54, 1.807) is 6.20 Å². The summed E-state index contributed by atoms with van der Waals surface area (Å²) >= 11 is 5.88. The highest BCUT2D eigenvalue weighted by Gasteiger charge is 2.15. The van der Waals surface area contributed by atoms with Gasteiger partial charge < -0.3 is 10.1 Å². The van der Waals surface area contributed by atoms with Crippen LogP contribution >= 0.6 is 24.0 Å². The summed E-state index contributed by atoms with van der Waals surface area (Å²) in [6.45, 7) is 3.79. The summed E-state index contributed by atoms with van der Waals surface area (Å²) in [6.07, 6.45) is 4.02. The van der Waals surface area contributed by atoms with Crippen LogP contribution in [0.2, 0.25) is 5.15 Å². The van der Waals surface area contributed by atoms with Crippen LogP contribution in [0, 0.1) is 6.92 Å². The van der Waals surface area contributed by atoms with Crippen molar-refractivity contribution in [3.63, 3.8) is 0 Å². The lowest BCUT2D eigenvalue weighted by Crippen LogP contribution is -2.37. The van der Waals surface area contributed by atoms with E-state index in [4.69, 9.17) is 16.3 Å². The van der Waals surface area contributed by atoms with E-state index in [2.05, 4.69) is 15.3 Å². The highest BCUT2D eigenvalue weighted by atomic mass is 35.5. The fourth-order valence-electron chi connectivity index (χ4n) is 1.53. The smallest absolute Gasteiger partial charge is 0.318 e. The lowest BCUT2D eigenvalue weighted by Gasteiger charge is -2.22. The average molecular weight is 264 g/mol. The van der Waals surface area contributed by atoms with Gasteiger partial charge in [-0.1, -0.05) is 11.6 Å². The quantitative estimate of drug-likeness (QED) is 0.830. The molecule has 0 aromatic carbocycles. The SMILES string of the molecule is Cc1cnc(OC2CCCNC2)nc1Cl.Cl. The highest BCUT2D eigenvalue weighted by molar-refractivity contribution is 6.30. The second kappa shape index (κ2) is 6.23. The molecular formula is C10H15Cl2N3O. The molecular weight excluding hydrogens is 249 g/mol. The lowest BCUT2D eigenvalue weighted by molar-refractivity contribution is 0.153. The number of halogens is 2. The zero-order valence-corrected chi connectivity index (χ0v) is 10.6. The maximum atomic E-state index is 5.88. The van der Waals surface area contributed by atoms with Crippen molar-refractivity contribution in [2.45, 2.75) is 25.9 Å². The molecule has 16 heavy (non-hydrogen) atoms. The van der Waals surface area contributed by atoms with Crippen LogP contribution in [0.1, 0.15) is 18.4 Å². The number of hydrogen-bond acceptors (Lipinski definition) is 4. The molecule has 1 aromatic heterocycles. The summed E-state index contributed by atoms with van der Waals surface area (Å²) in [7, 11) is 0. The number of rotatable bonds is 2. The van der Waals surface area contributed by atoms with Gasteiger partial charge in [-0.3, -0.25) is 0 Å². The minimum Gasteiger partial charge on any atom is -0.459 e. The van der Waals surface area contributed by atoms with Crippen LogP contribution in [0.25, 0.3) is 0 Å². The topological polar surface area (TPSA) is 47.0 Å². The molecule has 6 heteroatoms. The van der Waals surface area contributed by atoms with Crippen molar-refractivity contribution in [2.24, 2.45) is 0 Å². The molecule has 2 rings (SSSR count). The predicted octanol–water partition coefficient (Wildman–Crippen LogP) is 1.99. The van der Waals surface area contributed by atoms with Crippen LogP contribution in [0.15, 0.2) is 6.20 Å². The van der Waals surface area contributed by atoms with Gasteiger partial charge in [-0.05, 0) is 26.3 Å². The molecule has 1 N–H and O–H groups in total. The van der Waals surface area contributed by atoms with Crippen molar-refractivity contribution in [3.05, 3.63) is 16.9 Å². The molecule has 1 saturated heterocycles. The van der Waals surface area contributed by atoms with Crippen LogP contribution in [0.4, 0.5) is 0 Å². The zero-order chi connectivity index (χ0) is 10.7. The van der Waals surface area contributed by atoms with Crippen molar-refractivity contribution >= 4 is 24.0 Å². The van der Waals surface area contributed by atoms with Gasteiger partial charge >= 0.3 is 6.01 Å². The lowest BCUT2D eigenvalue weighted by atomic mass is 10.1. The van der Waals surface area contributed by atoms with Crippen molar-refractivity contribution < 1.29 is 4.74 Å². The van der Waals surface area contributed by atoms with E-state index in [0.29, 0.717) is 11.2 Å². The van der Waals surface area contributed by atoms with E-state index < -0.39 is 0 Å². The van der Waals surface area contributed by atoms with Crippen LogP contribution in [-0.2, 0) is 0 Å². The minimum absolute atomic E-state index is 0. The zero-order valence-electron chi connectivity index (χ0n) is 9.07. The van der Waals surface area contributed by atoms with Crippen LogP contribution in [0.3, 0.4) is 0 Å². The first kappa shape index (κ1) is 13.5. The first-order valence-corrected chi connectivity index (χ1v) is 5.50. The first-order valence-electron chi connectivity index (χ1n) is 5.12. The molecule has 4 nitrogen and oxygen atoms in total. The fourth-order valence-corrected chi connectivity index (χ4v) is 1.65. The highest BCUT2D eigenvalue weighted by Crippen LogP contribution is 2.16. The molecule has 0 radical (unpaired) electrons. The van der Waals surface area contributed by atoms with E-state index in [0.717, 1.165) is 31.5 Å². The van der Waals surface area contributed by atoms with E-state index in [9.17, 15) is 0 Å². The van der Waals surface area contributed by atoms with Crippen molar-refractivity contribution in [3.8, 4) is 6.01 Å². The number of hydrogen-bond donors (Lipinski definition) is 1. The Morgan fingerprint density at radius 2 is 2.38 bits per heavy atom. The third-order valence-electron chi connectivity index (χ3n) is 2.41. The summed E-state index contributed by atoms with van der Waals surface area (Å²) in [6, 6.07) is 0.374. The Kier molecular flexibility index (Phi) is 5.25. The number of nitrogens with zero attached hydrogens (tertiary/aromatic N) is 2. The summed E-state index contributed by atoms with van der Waals surface area (Å²) < 4.78 is 5.62. The number of aromatic nitrogens is 2. The monoisotopic (exact) mass is 263 g/mol. The van der Waals surface area contributed by atoms with Gasteiger partial charge in [-0.25, -0.2) is 4.98 Å². The molecule has 1 aliphatic heterocycles. The van der Waals surface area contributed by atoms with Gasteiger partial charge in [0.05, 0.1) is 0 Å².